The first-order valence-electron chi connectivity index (χ1n) is 8.02. The molecule has 2 aromatic heterocycles. The molecule has 128 valence electrons. The van der Waals surface area contributed by atoms with Crippen LogP contribution in [0, 0.1) is 0 Å². The number of ether oxygens (including phenoxy) is 1. The number of carbonyl (C=O) groups excluding carboxylic acids is 1. The molecule has 0 saturated heterocycles. The van der Waals surface area contributed by atoms with E-state index in [1.807, 2.05) is 0 Å². The summed E-state index contributed by atoms with van der Waals surface area (Å²) in [5, 5.41) is 8.00. The summed E-state index contributed by atoms with van der Waals surface area (Å²) in [6.07, 6.45) is 0.745. The number of H-pyrrole nitrogens is 1. The first kappa shape index (κ1) is 15.8. The van der Waals surface area contributed by atoms with Gasteiger partial charge in [-0.15, -0.1) is 11.3 Å². The fourth-order valence-corrected chi connectivity index (χ4v) is 3.69. The Morgan fingerprint density at radius 3 is 2.92 bits per heavy atom. The molecule has 0 radical (unpaired) electrons. The molecular weight excluding hydrogens is 338 g/mol. The summed E-state index contributed by atoms with van der Waals surface area (Å²) in [6, 6.07) is 5.18. The number of hydrogen-bond donors (Lipinski definition) is 2. The van der Waals surface area contributed by atoms with Gasteiger partial charge in [0.15, 0.2) is 5.01 Å². The fourth-order valence-electron chi connectivity index (χ4n) is 2.70. The predicted octanol–water partition coefficient (Wildman–Crippen LogP) is 2.75. The Morgan fingerprint density at radius 1 is 1.36 bits per heavy atom. The molecule has 0 aliphatic carbocycles. The van der Waals surface area contributed by atoms with Crippen LogP contribution in [-0.2, 0) is 6.42 Å². The maximum absolute atomic E-state index is 11.5. The van der Waals surface area contributed by atoms with Gasteiger partial charge in [0.1, 0.15) is 11.6 Å². The molecule has 4 rings (SSSR count). The highest BCUT2D eigenvalue weighted by atomic mass is 32.1. The van der Waals surface area contributed by atoms with Crippen LogP contribution in [0.25, 0.3) is 22.1 Å². The van der Waals surface area contributed by atoms with Crippen molar-refractivity contribution in [2.24, 2.45) is 5.73 Å². The summed E-state index contributed by atoms with van der Waals surface area (Å²) in [5.41, 5.74) is 7.44. The average Bonchev–Trinajstić information content (AvgIpc) is 3.19. The molecule has 3 heterocycles. The summed E-state index contributed by atoms with van der Waals surface area (Å²) in [4.78, 5) is 21.9. The Labute approximate surface area is 148 Å². The number of nitrogens with zero attached hydrogens (tertiary/aromatic N) is 3. The Morgan fingerprint density at radius 2 is 2.20 bits per heavy atom. The van der Waals surface area contributed by atoms with Crippen LogP contribution in [0.3, 0.4) is 0 Å². The zero-order valence-corrected chi connectivity index (χ0v) is 14.7. The van der Waals surface area contributed by atoms with E-state index in [4.69, 9.17) is 15.5 Å². The minimum absolute atomic E-state index is 0.270. The van der Waals surface area contributed by atoms with Gasteiger partial charge >= 0.3 is 0 Å². The quantitative estimate of drug-likeness (QED) is 0.751. The average molecular weight is 355 g/mol. The highest BCUT2D eigenvalue weighted by molar-refractivity contribution is 7.15. The maximum Gasteiger partial charge on any atom is 0.248 e. The van der Waals surface area contributed by atoms with Crippen LogP contribution >= 0.6 is 11.3 Å². The Bertz CT molecular complexity index is 960. The topological polar surface area (TPSA) is 107 Å². The molecule has 1 aliphatic heterocycles. The largest absolute Gasteiger partial charge is 0.493 e. The molecule has 7 nitrogen and oxygen atoms in total. The molecule has 3 N–H and O–H groups in total. The van der Waals surface area contributed by atoms with E-state index in [0.717, 1.165) is 33.4 Å². The van der Waals surface area contributed by atoms with Crippen molar-refractivity contribution in [1.29, 1.82) is 0 Å². The SMILES string of the molecule is CC(C)c1nc(-c2nc3c(s2)CCOc2ccc(C(N)=O)cc2-3)n[nH]1. The standard InChI is InChI=1S/C17H17N5O2S/c1-8(2)15-20-16(22-21-15)17-19-13-10-7-9(14(18)23)3-4-11(10)24-6-5-12(13)25-17/h3-4,7-8H,5-6H2,1-2H3,(H2,18,23)(H,20,21,22). The Balaban J connectivity index is 1.82. The van der Waals surface area contributed by atoms with Gasteiger partial charge in [-0.2, -0.15) is 5.10 Å². The number of thiazole rings is 1. The minimum Gasteiger partial charge on any atom is -0.493 e. The summed E-state index contributed by atoms with van der Waals surface area (Å²) >= 11 is 1.55. The third-order valence-electron chi connectivity index (χ3n) is 4.04. The molecule has 0 bridgehead atoms. The molecule has 0 saturated carbocycles. The van der Waals surface area contributed by atoms with Crippen LogP contribution in [0.15, 0.2) is 18.2 Å². The molecular formula is C17H17N5O2S. The number of rotatable bonds is 3. The number of benzene rings is 1. The lowest BCUT2D eigenvalue weighted by atomic mass is 10.1. The van der Waals surface area contributed by atoms with Crippen molar-refractivity contribution in [2.45, 2.75) is 26.2 Å². The highest BCUT2D eigenvalue weighted by Crippen LogP contribution is 2.40. The number of fused-ring (bicyclic) bond motifs is 3. The van der Waals surface area contributed by atoms with Gasteiger partial charge in [0, 0.05) is 28.3 Å². The Hall–Kier alpha value is -2.74. The molecule has 1 aliphatic rings. The van der Waals surface area contributed by atoms with Crippen LogP contribution in [0.1, 0.15) is 40.8 Å². The highest BCUT2D eigenvalue weighted by Gasteiger charge is 2.23. The van der Waals surface area contributed by atoms with Gasteiger partial charge < -0.3 is 10.5 Å². The molecule has 1 amide bonds. The van der Waals surface area contributed by atoms with Crippen molar-refractivity contribution in [3.05, 3.63) is 34.5 Å². The van der Waals surface area contributed by atoms with Gasteiger partial charge in [-0.3, -0.25) is 9.89 Å². The molecule has 1 aromatic carbocycles. The van der Waals surface area contributed by atoms with E-state index in [2.05, 4.69) is 29.0 Å². The number of primary amides is 1. The zero-order valence-electron chi connectivity index (χ0n) is 13.9. The summed E-state index contributed by atoms with van der Waals surface area (Å²) in [7, 11) is 0. The summed E-state index contributed by atoms with van der Waals surface area (Å²) < 4.78 is 5.78. The number of amides is 1. The van der Waals surface area contributed by atoms with E-state index >= 15 is 0 Å². The predicted molar refractivity (Wildman–Crippen MR) is 94.7 cm³/mol. The minimum atomic E-state index is -0.473. The van der Waals surface area contributed by atoms with Crippen LogP contribution in [-0.4, -0.2) is 32.7 Å². The van der Waals surface area contributed by atoms with Crippen molar-refractivity contribution in [2.75, 3.05) is 6.61 Å². The molecule has 0 fully saturated rings. The summed E-state index contributed by atoms with van der Waals surface area (Å²) in [6.45, 7) is 4.67. The second kappa shape index (κ2) is 5.96. The molecule has 0 atom stereocenters. The second-order valence-electron chi connectivity index (χ2n) is 6.16. The van der Waals surface area contributed by atoms with Crippen LogP contribution < -0.4 is 10.5 Å². The van der Waals surface area contributed by atoms with E-state index in [-0.39, 0.29) is 5.92 Å². The van der Waals surface area contributed by atoms with Crippen LogP contribution in [0.4, 0.5) is 0 Å². The van der Waals surface area contributed by atoms with E-state index in [1.54, 1.807) is 29.5 Å². The van der Waals surface area contributed by atoms with Gasteiger partial charge in [-0.25, -0.2) is 9.97 Å². The zero-order chi connectivity index (χ0) is 17.6. The van der Waals surface area contributed by atoms with Gasteiger partial charge in [0.25, 0.3) is 0 Å². The molecule has 3 aromatic rings. The number of nitrogens with two attached hydrogens (primary N) is 1. The first-order chi connectivity index (χ1) is 12.0. The number of hydrogen-bond acceptors (Lipinski definition) is 6. The molecule has 8 heteroatoms. The number of nitrogens with one attached hydrogen (secondary N) is 1. The lowest BCUT2D eigenvalue weighted by Gasteiger charge is -2.07. The fraction of sp³-hybridized carbons (Fsp3) is 0.294. The van der Waals surface area contributed by atoms with Crippen molar-refractivity contribution in [3.8, 4) is 27.8 Å². The maximum atomic E-state index is 11.5. The van der Waals surface area contributed by atoms with Crippen molar-refractivity contribution < 1.29 is 9.53 Å². The Kier molecular flexibility index (Phi) is 3.76. The van der Waals surface area contributed by atoms with Gasteiger partial charge in [0.2, 0.25) is 11.7 Å². The van der Waals surface area contributed by atoms with E-state index in [0.29, 0.717) is 23.7 Å². The smallest absolute Gasteiger partial charge is 0.248 e. The van der Waals surface area contributed by atoms with Crippen LogP contribution in [0.5, 0.6) is 5.75 Å². The van der Waals surface area contributed by atoms with E-state index in [9.17, 15) is 4.79 Å². The number of aromatic amines is 1. The first-order valence-corrected chi connectivity index (χ1v) is 8.84. The van der Waals surface area contributed by atoms with Gasteiger partial charge in [0.05, 0.1) is 12.3 Å². The molecule has 0 unspecified atom stereocenters. The van der Waals surface area contributed by atoms with Crippen molar-refractivity contribution >= 4 is 17.2 Å². The van der Waals surface area contributed by atoms with Crippen molar-refractivity contribution in [3.63, 3.8) is 0 Å². The van der Waals surface area contributed by atoms with E-state index in [1.165, 1.54) is 0 Å². The molecule has 0 spiro atoms. The second-order valence-corrected chi connectivity index (χ2v) is 7.25. The van der Waals surface area contributed by atoms with Gasteiger partial charge in [-0.1, -0.05) is 13.8 Å². The molecule has 25 heavy (non-hydrogen) atoms. The van der Waals surface area contributed by atoms with Crippen molar-refractivity contribution in [1.82, 2.24) is 20.2 Å². The number of aromatic nitrogens is 4. The lowest BCUT2D eigenvalue weighted by Crippen LogP contribution is -2.11. The van der Waals surface area contributed by atoms with Gasteiger partial charge in [-0.05, 0) is 18.2 Å². The monoisotopic (exact) mass is 355 g/mol. The van der Waals surface area contributed by atoms with Crippen LogP contribution in [0.2, 0.25) is 0 Å². The van der Waals surface area contributed by atoms with E-state index < -0.39 is 5.91 Å². The number of carbonyl (C=O) groups is 1. The normalized spacial score (nSPS) is 13.1. The third kappa shape index (κ3) is 2.78. The lowest BCUT2D eigenvalue weighted by molar-refractivity contribution is 0.100. The third-order valence-corrected chi connectivity index (χ3v) is 5.16. The summed E-state index contributed by atoms with van der Waals surface area (Å²) in [5.74, 6) is 1.93.